The molecule has 0 fully saturated rings. The van der Waals surface area contributed by atoms with Crippen molar-refractivity contribution < 1.29 is 14.3 Å². The van der Waals surface area contributed by atoms with E-state index in [0.29, 0.717) is 30.8 Å². The van der Waals surface area contributed by atoms with E-state index in [0.717, 1.165) is 22.3 Å². The lowest BCUT2D eigenvalue weighted by molar-refractivity contribution is 0.208. The van der Waals surface area contributed by atoms with E-state index in [1.807, 2.05) is 53.1 Å². The molecule has 2 N–H and O–H groups in total. The zero-order valence-corrected chi connectivity index (χ0v) is 15.7. The molecular weight excluding hydrogens is 358 g/mol. The molecule has 0 spiro atoms. The van der Waals surface area contributed by atoms with Gasteiger partial charge in [-0.2, -0.15) is 0 Å². The Balaban J connectivity index is 1.62. The summed E-state index contributed by atoms with van der Waals surface area (Å²) in [6, 6.07) is 15.3. The topological polar surface area (TPSA) is 98.2 Å². The highest BCUT2D eigenvalue weighted by Gasteiger charge is 2.15. The largest absolute Gasteiger partial charge is 0.497 e. The molecule has 4 rings (SSSR count). The van der Waals surface area contributed by atoms with Crippen LogP contribution in [0.15, 0.2) is 52.9 Å². The molecule has 4 aromatic rings. The average molecular weight is 379 g/mol. The van der Waals surface area contributed by atoms with Crippen molar-refractivity contribution in [2.24, 2.45) is 0 Å². The van der Waals surface area contributed by atoms with Crippen LogP contribution in [0.4, 0.5) is 5.95 Å². The summed E-state index contributed by atoms with van der Waals surface area (Å²) in [6.07, 6.45) is -0.488. The number of methoxy groups -OCH3 is 1. The van der Waals surface area contributed by atoms with Gasteiger partial charge in [-0.25, -0.2) is 4.98 Å². The van der Waals surface area contributed by atoms with Gasteiger partial charge < -0.3 is 24.1 Å². The summed E-state index contributed by atoms with van der Waals surface area (Å²) in [5.74, 6) is 2.32. The SMILES string of the molecule is COc1ccc(-c2nnc(Cn3c(NCC(C)O)nc4ccccc43)o2)cc1. The zero-order valence-electron chi connectivity index (χ0n) is 15.7. The normalized spacial score (nSPS) is 12.2. The predicted molar refractivity (Wildman–Crippen MR) is 105 cm³/mol. The van der Waals surface area contributed by atoms with Gasteiger partial charge in [0.1, 0.15) is 12.3 Å². The third-order valence-electron chi connectivity index (χ3n) is 4.31. The van der Waals surface area contributed by atoms with Crippen LogP contribution in [0.1, 0.15) is 12.8 Å². The lowest BCUT2D eigenvalue weighted by Gasteiger charge is -2.10. The minimum absolute atomic E-state index is 0.367. The van der Waals surface area contributed by atoms with Crippen molar-refractivity contribution in [2.45, 2.75) is 19.6 Å². The number of hydrogen-bond donors (Lipinski definition) is 2. The first kappa shape index (κ1) is 18.0. The van der Waals surface area contributed by atoms with Crippen molar-refractivity contribution in [3.63, 3.8) is 0 Å². The Kier molecular flexibility index (Phi) is 4.94. The second-order valence-electron chi connectivity index (χ2n) is 6.47. The molecule has 0 aliphatic rings. The number of ether oxygens (including phenoxy) is 1. The number of nitrogens with one attached hydrogen (secondary N) is 1. The number of aromatic nitrogens is 4. The number of fused-ring (bicyclic) bond motifs is 1. The molecule has 0 aliphatic heterocycles. The number of nitrogens with zero attached hydrogens (tertiary/aromatic N) is 4. The quantitative estimate of drug-likeness (QED) is 0.509. The molecule has 2 aromatic carbocycles. The van der Waals surface area contributed by atoms with Crippen LogP contribution >= 0.6 is 0 Å². The molecule has 28 heavy (non-hydrogen) atoms. The molecule has 0 saturated heterocycles. The minimum Gasteiger partial charge on any atom is -0.497 e. The Morgan fingerprint density at radius 3 is 2.68 bits per heavy atom. The third kappa shape index (κ3) is 3.67. The van der Waals surface area contributed by atoms with Crippen molar-refractivity contribution in [3.05, 3.63) is 54.4 Å². The van der Waals surface area contributed by atoms with Crippen LogP contribution in [-0.4, -0.2) is 44.6 Å². The lowest BCUT2D eigenvalue weighted by atomic mass is 10.2. The van der Waals surface area contributed by atoms with E-state index in [2.05, 4.69) is 20.5 Å². The number of aliphatic hydroxyl groups is 1. The molecule has 8 heteroatoms. The summed E-state index contributed by atoms with van der Waals surface area (Å²) in [5, 5.41) is 21.1. The van der Waals surface area contributed by atoms with Gasteiger partial charge in [-0.15, -0.1) is 10.2 Å². The van der Waals surface area contributed by atoms with E-state index < -0.39 is 6.10 Å². The Morgan fingerprint density at radius 2 is 1.93 bits per heavy atom. The van der Waals surface area contributed by atoms with Gasteiger partial charge in [0.05, 0.1) is 24.2 Å². The van der Waals surface area contributed by atoms with Gasteiger partial charge in [0.2, 0.25) is 17.7 Å². The highest BCUT2D eigenvalue weighted by molar-refractivity contribution is 5.78. The van der Waals surface area contributed by atoms with Crippen LogP contribution in [0.5, 0.6) is 5.75 Å². The van der Waals surface area contributed by atoms with Crippen LogP contribution in [0.25, 0.3) is 22.5 Å². The second-order valence-corrected chi connectivity index (χ2v) is 6.47. The fraction of sp³-hybridized carbons (Fsp3) is 0.250. The summed E-state index contributed by atoms with van der Waals surface area (Å²) in [7, 11) is 1.62. The molecule has 1 unspecified atom stereocenters. The molecule has 8 nitrogen and oxygen atoms in total. The van der Waals surface area contributed by atoms with Crippen LogP contribution in [-0.2, 0) is 6.54 Å². The molecule has 0 aliphatic carbocycles. The van der Waals surface area contributed by atoms with Gasteiger partial charge in [0.25, 0.3) is 0 Å². The van der Waals surface area contributed by atoms with Gasteiger partial charge in [-0.1, -0.05) is 12.1 Å². The minimum atomic E-state index is -0.488. The zero-order chi connectivity index (χ0) is 19.5. The molecule has 1 atom stereocenters. The molecule has 0 bridgehead atoms. The smallest absolute Gasteiger partial charge is 0.247 e. The molecule has 0 saturated carbocycles. The van der Waals surface area contributed by atoms with E-state index in [9.17, 15) is 5.11 Å². The molecule has 2 heterocycles. The highest BCUT2D eigenvalue weighted by Crippen LogP contribution is 2.24. The Hall–Kier alpha value is -3.39. The number of rotatable bonds is 7. The Labute approximate surface area is 161 Å². The Bertz CT molecular complexity index is 1070. The average Bonchev–Trinajstić information content (AvgIpc) is 3.32. The number of hydrogen-bond acceptors (Lipinski definition) is 7. The van der Waals surface area contributed by atoms with Gasteiger partial charge >= 0.3 is 0 Å². The lowest BCUT2D eigenvalue weighted by Crippen LogP contribution is -2.18. The predicted octanol–water partition coefficient (Wildman–Crippen LogP) is 2.94. The molecule has 144 valence electrons. The number of imidazole rings is 1. The van der Waals surface area contributed by atoms with E-state index in [4.69, 9.17) is 9.15 Å². The van der Waals surface area contributed by atoms with Crippen molar-refractivity contribution in [3.8, 4) is 17.2 Å². The molecule has 0 radical (unpaired) electrons. The third-order valence-corrected chi connectivity index (χ3v) is 4.31. The summed E-state index contributed by atoms with van der Waals surface area (Å²) < 4.78 is 13.0. The molecule has 2 aromatic heterocycles. The summed E-state index contributed by atoms with van der Waals surface area (Å²) >= 11 is 0. The Morgan fingerprint density at radius 1 is 1.14 bits per heavy atom. The molecular formula is C20H21N5O3. The monoisotopic (exact) mass is 379 g/mol. The first-order valence-corrected chi connectivity index (χ1v) is 8.98. The first-order valence-electron chi connectivity index (χ1n) is 8.98. The van der Waals surface area contributed by atoms with Crippen LogP contribution < -0.4 is 10.1 Å². The number of anilines is 1. The van der Waals surface area contributed by atoms with Crippen molar-refractivity contribution in [1.82, 2.24) is 19.7 Å². The van der Waals surface area contributed by atoms with Crippen molar-refractivity contribution >= 4 is 17.0 Å². The highest BCUT2D eigenvalue weighted by atomic mass is 16.5. The van der Waals surface area contributed by atoms with E-state index >= 15 is 0 Å². The fourth-order valence-electron chi connectivity index (χ4n) is 2.91. The maximum atomic E-state index is 9.59. The summed E-state index contributed by atoms with van der Waals surface area (Å²) in [4.78, 5) is 4.60. The van der Waals surface area contributed by atoms with Crippen LogP contribution in [0, 0.1) is 0 Å². The summed E-state index contributed by atoms with van der Waals surface area (Å²) in [5.41, 5.74) is 2.62. The number of para-hydroxylation sites is 2. The number of aliphatic hydroxyl groups excluding tert-OH is 1. The van der Waals surface area contributed by atoms with E-state index in [1.54, 1.807) is 14.0 Å². The fourth-order valence-corrected chi connectivity index (χ4v) is 2.91. The van der Waals surface area contributed by atoms with Gasteiger partial charge in [0.15, 0.2) is 0 Å². The second kappa shape index (κ2) is 7.69. The van der Waals surface area contributed by atoms with Gasteiger partial charge in [-0.05, 0) is 43.3 Å². The van der Waals surface area contributed by atoms with Crippen LogP contribution in [0.3, 0.4) is 0 Å². The number of benzene rings is 2. The van der Waals surface area contributed by atoms with E-state index in [-0.39, 0.29) is 0 Å². The maximum absolute atomic E-state index is 9.59. The van der Waals surface area contributed by atoms with E-state index in [1.165, 1.54) is 0 Å². The van der Waals surface area contributed by atoms with Crippen molar-refractivity contribution in [1.29, 1.82) is 0 Å². The molecule has 0 amide bonds. The standard InChI is InChI=1S/C20H21N5O3/c1-13(26)11-21-20-22-16-5-3-4-6-17(16)25(20)12-18-23-24-19(28-18)14-7-9-15(27-2)10-8-14/h3-10,13,26H,11-12H2,1-2H3,(H,21,22). The van der Waals surface area contributed by atoms with Gasteiger partial charge in [0, 0.05) is 12.1 Å². The van der Waals surface area contributed by atoms with Gasteiger partial charge in [-0.3, -0.25) is 0 Å². The van der Waals surface area contributed by atoms with Crippen molar-refractivity contribution in [2.75, 3.05) is 19.0 Å². The summed E-state index contributed by atoms with van der Waals surface area (Å²) in [6.45, 7) is 2.48. The van der Waals surface area contributed by atoms with Crippen LogP contribution in [0.2, 0.25) is 0 Å². The maximum Gasteiger partial charge on any atom is 0.247 e. The first-order chi connectivity index (χ1) is 13.6.